The molecular formula is C14H20N2O4. The van der Waals surface area contributed by atoms with Gasteiger partial charge in [-0.25, -0.2) is 0 Å². The molecule has 110 valence electrons. The maximum absolute atomic E-state index is 12.1. The molecule has 1 saturated heterocycles. The highest BCUT2D eigenvalue weighted by Crippen LogP contribution is 2.20. The van der Waals surface area contributed by atoms with Crippen LogP contribution in [0.4, 0.5) is 0 Å². The minimum absolute atomic E-state index is 0.184. The van der Waals surface area contributed by atoms with Crippen molar-refractivity contribution in [2.24, 2.45) is 5.92 Å². The van der Waals surface area contributed by atoms with Gasteiger partial charge >= 0.3 is 0 Å². The fourth-order valence-corrected chi connectivity index (χ4v) is 2.16. The Bertz CT molecular complexity index is 458. The first-order valence-corrected chi connectivity index (χ1v) is 6.69. The van der Waals surface area contributed by atoms with E-state index < -0.39 is 0 Å². The third kappa shape index (κ3) is 3.60. The zero-order valence-electron chi connectivity index (χ0n) is 11.8. The number of aromatic nitrogens is 1. The van der Waals surface area contributed by atoms with Crippen LogP contribution in [0, 0.1) is 5.92 Å². The summed E-state index contributed by atoms with van der Waals surface area (Å²) in [6.07, 6.45) is 2.00. The van der Waals surface area contributed by atoms with Gasteiger partial charge in [0.05, 0.1) is 14.2 Å². The van der Waals surface area contributed by atoms with Gasteiger partial charge in [-0.2, -0.15) is 4.98 Å². The number of carbonyl (C=O) groups is 1. The first-order chi connectivity index (χ1) is 9.74. The van der Waals surface area contributed by atoms with E-state index in [0.717, 1.165) is 26.1 Å². The Kier molecular flexibility index (Phi) is 5.17. The van der Waals surface area contributed by atoms with Crippen molar-refractivity contribution < 1.29 is 19.0 Å². The first-order valence-electron chi connectivity index (χ1n) is 6.69. The van der Waals surface area contributed by atoms with Crippen molar-refractivity contribution in [1.29, 1.82) is 0 Å². The normalized spacial score (nSPS) is 17.8. The molecule has 1 amide bonds. The predicted octanol–water partition coefficient (Wildman–Crippen LogP) is 1.26. The Balaban J connectivity index is 1.90. The second-order valence-corrected chi connectivity index (χ2v) is 4.68. The van der Waals surface area contributed by atoms with E-state index in [1.165, 1.54) is 14.2 Å². The second kappa shape index (κ2) is 7.09. The molecule has 6 nitrogen and oxygen atoms in total. The van der Waals surface area contributed by atoms with Crippen LogP contribution in [0.25, 0.3) is 0 Å². The lowest BCUT2D eigenvalue weighted by Gasteiger charge is -2.11. The molecule has 2 rings (SSSR count). The Morgan fingerprint density at radius 3 is 2.95 bits per heavy atom. The van der Waals surface area contributed by atoms with E-state index >= 15 is 0 Å². The van der Waals surface area contributed by atoms with Crippen LogP contribution in [0.1, 0.15) is 23.2 Å². The van der Waals surface area contributed by atoms with E-state index in [1.807, 2.05) is 0 Å². The average molecular weight is 280 g/mol. The van der Waals surface area contributed by atoms with Gasteiger partial charge in [0.1, 0.15) is 5.56 Å². The van der Waals surface area contributed by atoms with Crippen LogP contribution in [0.15, 0.2) is 12.1 Å². The summed E-state index contributed by atoms with van der Waals surface area (Å²) in [7, 11) is 3.00. The molecule has 1 aliphatic heterocycles. The Morgan fingerprint density at radius 1 is 1.45 bits per heavy atom. The molecule has 0 spiro atoms. The van der Waals surface area contributed by atoms with Crippen molar-refractivity contribution in [1.82, 2.24) is 10.3 Å². The molecule has 6 heteroatoms. The van der Waals surface area contributed by atoms with Crippen LogP contribution in [-0.4, -0.2) is 44.9 Å². The highest BCUT2D eigenvalue weighted by atomic mass is 16.5. The highest BCUT2D eigenvalue weighted by molar-refractivity contribution is 5.96. The first kappa shape index (κ1) is 14.6. The van der Waals surface area contributed by atoms with Crippen LogP contribution < -0.4 is 14.8 Å². The fourth-order valence-electron chi connectivity index (χ4n) is 2.16. The molecule has 0 bridgehead atoms. The SMILES string of the molecule is COc1ccc(C(=O)NCC[C@@H]2CCOC2)c(OC)n1. The number of ether oxygens (including phenoxy) is 3. The number of carbonyl (C=O) groups excluding carboxylic acids is 1. The average Bonchev–Trinajstić information content (AvgIpc) is 2.99. The van der Waals surface area contributed by atoms with Crippen LogP contribution in [0.3, 0.4) is 0 Å². The summed E-state index contributed by atoms with van der Waals surface area (Å²) in [6.45, 7) is 2.25. The number of nitrogens with one attached hydrogen (secondary N) is 1. The minimum Gasteiger partial charge on any atom is -0.481 e. The number of amides is 1. The zero-order valence-corrected chi connectivity index (χ0v) is 11.8. The molecule has 20 heavy (non-hydrogen) atoms. The van der Waals surface area contributed by atoms with Crippen LogP contribution in [0.2, 0.25) is 0 Å². The number of methoxy groups -OCH3 is 2. The largest absolute Gasteiger partial charge is 0.481 e. The van der Waals surface area contributed by atoms with Crippen LogP contribution >= 0.6 is 0 Å². The topological polar surface area (TPSA) is 69.7 Å². The number of rotatable bonds is 6. The number of nitrogens with zero attached hydrogens (tertiary/aromatic N) is 1. The Labute approximate surface area is 118 Å². The summed E-state index contributed by atoms with van der Waals surface area (Å²) in [4.78, 5) is 16.2. The van der Waals surface area contributed by atoms with Gasteiger partial charge in [-0.15, -0.1) is 0 Å². The molecule has 1 aromatic rings. The minimum atomic E-state index is -0.184. The van der Waals surface area contributed by atoms with Gasteiger partial charge in [0.2, 0.25) is 11.8 Å². The molecule has 0 aromatic carbocycles. The second-order valence-electron chi connectivity index (χ2n) is 4.68. The van der Waals surface area contributed by atoms with Gasteiger partial charge in [-0.05, 0) is 24.8 Å². The monoisotopic (exact) mass is 280 g/mol. The van der Waals surface area contributed by atoms with E-state index in [0.29, 0.717) is 23.9 Å². The van der Waals surface area contributed by atoms with E-state index in [9.17, 15) is 4.79 Å². The van der Waals surface area contributed by atoms with Gasteiger partial charge in [0.15, 0.2) is 0 Å². The molecule has 0 unspecified atom stereocenters. The van der Waals surface area contributed by atoms with Crippen molar-refractivity contribution in [3.63, 3.8) is 0 Å². The van der Waals surface area contributed by atoms with Crippen molar-refractivity contribution in [3.8, 4) is 11.8 Å². The maximum atomic E-state index is 12.1. The number of pyridine rings is 1. The van der Waals surface area contributed by atoms with Crippen molar-refractivity contribution in [2.75, 3.05) is 34.0 Å². The quantitative estimate of drug-likeness (QED) is 0.849. The van der Waals surface area contributed by atoms with Gasteiger partial charge in [0, 0.05) is 25.8 Å². The fraction of sp³-hybridized carbons (Fsp3) is 0.571. The summed E-state index contributed by atoms with van der Waals surface area (Å²) in [5.74, 6) is 1.05. The van der Waals surface area contributed by atoms with E-state index in [2.05, 4.69) is 10.3 Å². The zero-order chi connectivity index (χ0) is 14.4. The molecule has 0 radical (unpaired) electrons. The molecule has 0 saturated carbocycles. The molecule has 1 fully saturated rings. The van der Waals surface area contributed by atoms with Crippen LogP contribution in [0.5, 0.6) is 11.8 Å². The molecule has 1 N–H and O–H groups in total. The third-order valence-corrected chi connectivity index (χ3v) is 3.34. The highest BCUT2D eigenvalue weighted by Gasteiger charge is 2.17. The Hall–Kier alpha value is -1.82. The third-order valence-electron chi connectivity index (χ3n) is 3.34. The van der Waals surface area contributed by atoms with E-state index in [1.54, 1.807) is 12.1 Å². The van der Waals surface area contributed by atoms with Gasteiger partial charge in [-0.3, -0.25) is 4.79 Å². The molecule has 1 atom stereocenters. The van der Waals surface area contributed by atoms with Crippen LogP contribution in [-0.2, 0) is 4.74 Å². The van der Waals surface area contributed by atoms with Crippen molar-refractivity contribution >= 4 is 5.91 Å². The maximum Gasteiger partial charge on any atom is 0.256 e. The molecule has 1 aliphatic rings. The van der Waals surface area contributed by atoms with Gasteiger partial charge in [0.25, 0.3) is 5.91 Å². The van der Waals surface area contributed by atoms with Crippen molar-refractivity contribution in [2.45, 2.75) is 12.8 Å². The standard InChI is InChI=1S/C14H20N2O4/c1-18-12-4-3-11(14(16-12)19-2)13(17)15-7-5-10-6-8-20-9-10/h3-4,10H,5-9H2,1-2H3,(H,15,17)/t10-/m1/s1. The van der Waals surface area contributed by atoms with Crippen molar-refractivity contribution in [3.05, 3.63) is 17.7 Å². The number of hydrogen-bond acceptors (Lipinski definition) is 5. The molecular weight excluding hydrogens is 260 g/mol. The van der Waals surface area contributed by atoms with E-state index in [-0.39, 0.29) is 11.8 Å². The summed E-state index contributed by atoms with van der Waals surface area (Å²) < 4.78 is 15.4. The molecule has 2 heterocycles. The number of hydrogen-bond donors (Lipinski definition) is 1. The lowest BCUT2D eigenvalue weighted by Crippen LogP contribution is -2.26. The summed E-state index contributed by atoms with van der Waals surface area (Å²) >= 11 is 0. The molecule has 1 aromatic heterocycles. The van der Waals surface area contributed by atoms with Gasteiger partial charge in [-0.1, -0.05) is 0 Å². The predicted molar refractivity (Wildman–Crippen MR) is 73.2 cm³/mol. The van der Waals surface area contributed by atoms with Gasteiger partial charge < -0.3 is 19.5 Å². The summed E-state index contributed by atoms with van der Waals surface area (Å²) in [6, 6.07) is 3.29. The lowest BCUT2D eigenvalue weighted by atomic mass is 10.1. The smallest absolute Gasteiger partial charge is 0.256 e. The lowest BCUT2D eigenvalue weighted by molar-refractivity contribution is 0.0946. The summed E-state index contributed by atoms with van der Waals surface area (Å²) in [5.41, 5.74) is 0.413. The molecule has 0 aliphatic carbocycles. The Morgan fingerprint density at radius 2 is 2.30 bits per heavy atom. The van der Waals surface area contributed by atoms with E-state index in [4.69, 9.17) is 14.2 Å². The summed E-state index contributed by atoms with van der Waals surface area (Å²) in [5, 5.41) is 2.88.